The lowest BCUT2D eigenvalue weighted by Crippen LogP contribution is -2.23. The van der Waals surface area contributed by atoms with Crippen LogP contribution in [0.4, 0.5) is 8.78 Å². The zero-order valence-corrected chi connectivity index (χ0v) is 7.10. The van der Waals surface area contributed by atoms with Crippen LogP contribution in [0, 0.1) is 11.6 Å². The average Bonchev–Trinajstić information content (AvgIpc) is 2.04. The van der Waals surface area contributed by atoms with Crippen molar-refractivity contribution < 1.29 is 13.6 Å². The fraction of sp³-hybridized carbons (Fsp3) is 0.222. The van der Waals surface area contributed by atoms with E-state index in [4.69, 9.17) is 0 Å². The van der Waals surface area contributed by atoms with Crippen molar-refractivity contribution in [3.05, 3.63) is 35.4 Å². The molecule has 0 bridgehead atoms. The Balaban J connectivity index is 2.95. The van der Waals surface area contributed by atoms with Gasteiger partial charge in [-0.2, -0.15) is 0 Å². The molecule has 0 heterocycles. The highest BCUT2D eigenvalue weighted by Gasteiger charge is 2.10. The first-order chi connectivity index (χ1) is 6.15. The van der Waals surface area contributed by atoms with Gasteiger partial charge in [0.25, 0.3) is 5.91 Å². The van der Waals surface area contributed by atoms with E-state index in [0.29, 0.717) is 12.6 Å². The molecular weight excluding hydrogens is 176 g/mol. The first-order valence-corrected chi connectivity index (χ1v) is 3.88. The number of amides is 1. The molecule has 0 aliphatic heterocycles. The summed E-state index contributed by atoms with van der Waals surface area (Å²) in [4.78, 5) is 11.1. The second-order valence-electron chi connectivity index (χ2n) is 2.48. The predicted molar refractivity (Wildman–Crippen MR) is 44.4 cm³/mol. The number of hydrogen-bond donors (Lipinski definition) is 1. The topological polar surface area (TPSA) is 29.1 Å². The van der Waals surface area contributed by atoms with Gasteiger partial charge in [0, 0.05) is 12.6 Å². The standard InChI is InChI=1S/C9H9F2NO/c1-2-12-9(13)7-4-3-6(10)5-8(7)11/h3-5H,2H2,1H3,(H,12,13). The lowest BCUT2D eigenvalue weighted by molar-refractivity contribution is 0.0951. The van der Waals surface area contributed by atoms with Crippen LogP contribution in [0.1, 0.15) is 17.3 Å². The third-order valence-corrected chi connectivity index (χ3v) is 1.51. The lowest BCUT2D eigenvalue weighted by atomic mass is 10.2. The molecule has 0 unspecified atom stereocenters. The fourth-order valence-corrected chi connectivity index (χ4v) is 0.929. The first kappa shape index (κ1) is 9.64. The molecule has 0 fully saturated rings. The summed E-state index contributed by atoms with van der Waals surface area (Å²) in [7, 11) is 0. The summed E-state index contributed by atoms with van der Waals surface area (Å²) in [6, 6.07) is 2.86. The van der Waals surface area contributed by atoms with E-state index in [0.717, 1.165) is 12.1 Å². The maximum absolute atomic E-state index is 12.9. The van der Waals surface area contributed by atoms with Gasteiger partial charge in [0.05, 0.1) is 5.56 Å². The summed E-state index contributed by atoms with van der Waals surface area (Å²) in [6.07, 6.45) is 0. The Morgan fingerprint density at radius 3 is 2.69 bits per heavy atom. The Bertz CT molecular complexity index is 325. The number of benzene rings is 1. The van der Waals surface area contributed by atoms with Crippen LogP contribution in [0.2, 0.25) is 0 Å². The van der Waals surface area contributed by atoms with Crippen molar-refractivity contribution in [3.8, 4) is 0 Å². The van der Waals surface area contributed by atoms with Gasteiger partial charge >= 0.3 is 0 Å². The van der Waals surface area contributed by atoms with Gasteiger partial charge in [0.15, 0.2) is 0 Å². The van der Waals surface area contributed by atoms with Crippen LogP contribution in [-0.4, -0.2) is 12.5 Å². The lowest BCUT2D eigenvalue weighted by Gasteiger charge is -2.02. The smallest absolute Gasteiger partial charge is 0.254 e. The minimum atomic E-state index is -0.842. The molecule has 0 radical (unpaired) electrons. The highest BCUT2D eigenvalue weighted by atomic mass is 19.1. The normalized spacial score (nSPS) is 9.77. The van der Waals surface area contributed by atoms with Crippen LogP contribution in [0.15, 0.2) is 18.2 Å². The van der Waals surface area contributed by atoms with Crippen molar-refractivity contribution >= 4 is 5.91 Å². The molecule has 2 nitrogen and oxygen atoms in total. The van der Waals surface area contributed by atoms with Crippen LogP contribution >= 0.6 is 0 Å². The highest BCUT2D eigenvalue weighted by Crippen LogP contribution is 2.08. The maximum atomic E-state index is 12.9. The van der Waals surface area contributed by atoms with Crippen molar-refractivity contribution in [2.45, 2.75) is 6.92 Å². The quantitative estimate of drug-likeness (QED) is 0.746. The van der Waals surface area contributed by atoms with E-state index in [1.165, 1.54) is 0 Å². The third-order valence-electron chi connectivity index (χ3n) is 1.51. The molecule has 0 spiro atoms. The van der Waals surface area contributed by atoms with E-state index >= 15 is 0 Å². The van der Waals surface area contributed by atoms with Gasteiger partial charge in [0.1, 0.15) is 11.6 Å². The minimum Gasteiger partial charge on any atom is -0.352 e. The van der Waals surface area contributed by atoms with E-state index in [1.807, 2.05) is 0 Å². The van der Waals surface area contributed by atoms with Crippen molar-refractivity contribution in [2.24, 2.45) is 0 Å². The van der Waals surface area contributed by atoms with Crippen LogP contribution in [-0.2, 0) is 0 Å². The fourth-order valence-electron chi connectivity index (χ4n) is 0.929. The molecule has 1 N–H and O–H groups in total. The van der Waals surface area contributed by atoms with Crippen molar-refractivity contribution in [1.82, 2.24) is 5.32 Å². The van der Waals surface area contributed by atoms with E-state index < -0.39 is 17.5 Å². The molecule has 70 valence electrons. The van der Waals surface area contributed by atoms with Gasteiger partial charge < -0.3 is 5.32 Å². The zero-order chi connectivity index (χ0) is 9.84. The van der Waals surface area contributed by atoms with E-state index in [2.05, 4.69) is 5.32 Å². The molecule has 13 heavy (non-hydrogen) atoms. The number of rotatable bonds is 2. The zero-order valence-electron chi connectivity index (χ0n) is 7.10. The second-order valence-corrected chi connectivity index (χ2v) is 2.48. The Morgan fingerprint density at radius 1 is 1.46 bits per heavy atom. The third kappa shape index (κ3) is 2.24. The van der Waals surface area contributed by atoms with Crippen molar-refractivity contribution in [2.75, 3.05) is 6.54 Å². The molecule has 0 saturated heterocycles. The van der Waals surface area contributed by atoms with E-state index in [1.54, 1.807) is 6.92 Å². The molecular formula is C9H9F2NO. The van der Waals surface area contributed by atoms with Gasteiger partial charge in [-0.3, -0.25) is 4.79 Å². The number of nitrogens with one attached hydrogen (secondary N) is 1. The van der Waals surface area contributed by atoms with Crippen LogP contribution < -0.4 is 5.32 Å². The predicted octanol–water partition coefficient (Wildman–Crippen LogP) is 1.71. The first-order valence-electron chi connectivity index (χ1n) is 3.88. The molecule has 0 aliphatic carbocycles. The van der Waals surface area contributed by atoms with E-state index in [9.17, 15) is 13.6 Å². The summed E-state index contributed by atoms with van der Waals surface area (Å²) >= 11 is 0. The largest absolute Gasteiger partial charge is 0.352 e. The summed E-state index contributed by atoms with van der Waals surface area (Å²) < 4.78 is 25.3. The molecule has 1 aromatic rings. The van der Waals surface area contributed by atoms with E-state index in [-0.39, 0.29) is 5.56 Å². The number of carbonyl (C=O) groups excluding carboxylic acids is 1. The Hall–Kier alpha value is -1.45. The van der Waals surface area contributed by atoms with Gasteiger partial charge in [-0.1, -0.05) is 0 Å². The highest BCUT2D eigenvalue weighted by molar-refractivity contribution is 5.94. The molecule has 1 amide bonds. The molecule has 4 heteroatoms. The van der Waals surface area contributed by atoms with Crippen molar-refractivity contribution in [1.29, 1.82) is 0 Å². The van der Waals surface area contributed by atoms with Gasteiger partial charge in [0.2, 0.25) is 0 Å². The number of hydrogen-bond acceptors (Lipinski definition) is 1. The second kappa shape index (κ2) is 3.98. The summed E-state index contributed by atoms with van der Waals surface area (Å²) in [5.41, 5.74) is -0.136. The average molecular weight is 185 g/mol. The van der Waals surface area contributed by atoms with Crippen LogP contribution in [0.5, 0.6) is 0 Å². The van der Waals surface area contributed by atoms with Gasteiger partial charge in [-0.15, -0.1) is 0 Å². The number of carbonyl (C=O) groups is 1. The van der Waals surface area contributed by atoms with Crippen molar-refractivity contribution in [3.63, 3.8) is 0 Å². The molecule has 1 rings (SSSR count). The molecule has 0 atom stereocenters. The van der Waals surface area contributed by atoms with Gasteiger partial charge in [-0.05, 0) is 19.1 Å². The Morgan fingerprint density at radius 2 is 2.15 bits per heavy atom. The summed E-state index contributed by atoms with van der Waals surface area (Å²) in [5.74, 6) is -2.06. The van der Waals surface area contributed by atoms with Gasteiger partial charge in [-0.25, -0.2) is 8.78 Å². The Labute approximate surface area is 74.6 Å². The van der Waals surface area contributed by atoms with Crippen LogP contribution in [0.25, 0.3) is 0 Å². The molecule has 1 aromatic carbocycles. The number of halogens is 2. The minimum absolute atomic E-state index is 0.136. The van der Waals surface area contributed by atoms with Crippen LogP contribution in [0.3, 0.4) is 0 Å². The summed E-state index contributed by atoms with van der Waals surface area (Å²) in [6.45, 7) is 2.13. The maximum Gasteiger partial charge on any atom is 0.254 e. The molecule has 0 aromatic heterocycles. The molecule has 0 aliphatic rings. The molecule has 0 saturated carbocycles. The Kier molecular flexibility index (Phi) is 2.95. The monoisotopic (exact) mass is 185 g/mol. The summed E-state index contributed by atoms with van der Waals surface area (Å²) in [5, 5.41) is 2.42. The SMILES string of the molecule is CCNC(=O)c1ccc(F)cc1F.